The third kappa shape index (κ3) is 2.00. The number of benzene rings is 1. The largest absolute Gasteiger partial charge is 0.327 e. The maximum absolute atomic E-state index is 6.10. The molecule has 1 heterocycles. The number of fused-ring (bicyclic) bond motifs is 1. The van der Waals surface area contributed by atoms with Gasteiger partial charge in [-0.2, -0.15) is 0 Å². The first-order chi connectivity index (χ1) is 9.29. The van der Waals surface area contributed by atoms with Gasteiger partial charge in [0.25, 0.3) is 0 Å². The minimum absolute atomic E-state index is 0.385. The average Bonchev–Trinajstić information content (AvgIpc) is 2.69. The molecule has 2 nitrogen and oxygen atoms in total. The summed E-state index contributed by atoms with van der Waals surface area (Å²) < 4.78 is 3.53. The fraction of sp³-hybridized carbons (Fsp3) is 0.562. The van der Waals surface area contributed by atoms with Gasteiger partial charge in [0.1, 0.15) is 5.82 Å². The summed E-state index contributed by atoms with van der Waals surface area (Å²) >= 11 is 8.43. The molecular formula is C16H20ClIN2. The fourth-order valence-electron chi connectivity index (χ4n) is 3.43. The Balaban J connectivity index is 2.03. The Hall–Kier alpha value is -0.290. The molecule has 0 unspecified atom stereocenters. The number of halogens is 2. The Morgan fingerprint density at radius 3 is 2.45 bits per heavy atom. The van der Waals surface area contributed by atoms with Crippen LogP contribution in [0.3, 0.4) is 0 Å². The van der Waals surface area contributed by atoms with Crippen LogP contribution in [0.5, 0.6) is 0 Å². The molecule has 3 rings (SSSR count). The van der Waals surface area contributed by atoms with E-state index in [-0.39, 0.29) is 0 Å². The number of rotatable bonds is 3. The molecule has 2 aromatic rings. The van der Waals surface area contributed by atoms with Gasteiger partial charge in [-0.3, -0.25) is 0 Å². The van der Waals surface area contributed by atoms with Gasteiger partial charge in [-0.1, -0.05) is 27.7 Å². The Kier molecular flexibility index (Phi) is 3.37. The van der Waals surface area contributed by atoms with Gasteiger partial charge in [-0.05, 0) is 57.5 Å². The molecule has 108 valence electrons. The monoisotopic (exact) mass is 402 g/mol. The third-order valence-electron chi connectivity index (χ3n) is 5.59. The maximum Gasteiger partial charge on any atom is 0.124 e. The zero-order valence-electron chi connectivity index (χ0n) is 12.4. The summed E-state index contributed by atoms with van der Waals surface area (Å²) in [6.07, 6.45) is 0. The van der Waals surface area contributed by atoms with E-state index in [0.29, 0.717) is 22.6 Å². The van der Waals surface area contributed by atoms with Crippen molar-refractivity contribution in [1.29, 1.82) is 0 Å². The van der Waals surface area contributed by atoms with Crippen LogP contribution in [-0.4, -0.2) is 9.55 Å². The van der Waals surface area contributed by atoms with Crippen LogP contribution in [0.4, 0.5) is 0 Å². The molecule has 0 aliphatic heterocycles. The molecular weight excluding hydrogens is 383 g/mol. The molecule has 1 fully saturated rings. The highest BCUT2D eigenvalue weighted by Gasteiger charge is 2.64. The van der Waals surface area contributed by atoms with Crippen molar-refractivity contribution < 1.29 is 0 Å². The molecule has 1 aromatic carbocycles. The van der Waals surface area contributed by atoms with Gasteiger partial charge in [0, 0.05) is 10.1 Å². The SMILES string of the molecule is CC1(C)C(Cn2c(CCl)nc3cc(I)ccc32)C1(C)C. The summed E-state index contributed by atoms with van der Waals surface area (Å²) in [5, 5.41) is 0. The third-order valence-corrected chi connectivity index (χ3v) is 6.50. The van der Waals surface area contributed by atoms with E-state index in [1.165, 1.54) is 9.09 Å². The lowest BCUT2D eigenvalue weighted by Gasteiger charge is -2.09. The van der Waals surface area contributed by atoms with Crippen LogP contribution in [0.15, 0.2) is 18.2 Å². The van der Waals surface area contributed by atoms with Crippen molar-refractivity contribution in [3.8, 4) is 0 Å². The van der Waals surface area contributed by atoms with E-state index < -0.39 is 0 Å². The highest BCUT2D eigenvalue weighted by molar-refractivity contribution is 14.1. The van der Waals surface area contributed by atoms with E-state index in [1.54, 1.807) is 0 Å². The Morgan fingerprint density at radius 2 is 1.90 bits per heavy atom. The lowest BCUT2D eigenvalue weighted by Crippen LogP contribution is -2.07. The molecule has 0 bridgehead atoms. The molecule has 20 heavy (non-hydrogen) atoms. The van der Waals surface area contributed by atoms with Crippen LogP contribution in [0.2, 0.25) is 0 Å². The van der Waals surface area contributed by atoms with Crippen molar-refractivity contribution in [2.24, 2.45) is 16.7 Å². The van der Waals surface area contributed by atoms with Gasteiger partial charge in [-0.15, -0.1) is 11.6 Å². The standard InChI is InChI=1S/C16H20ClIN2/c1-15(2)13(16(15,3)4)9-20-12-6-5-10(18)7-11(12)19-14(20)8-17/h5-7,13H,8-9H2,1-4H3. The fourth-order valence-corrected chi connectivity index (χ4v) is 4.11. The van der Waals surface area contributed by atoms with Gasteiger partial charge >= 0.3 is 0 Å². The second kappa shape index (κ2) is 4.60. The van der Waals surface area contributed by atoms with Crippen molar-refractivity contribution in [3.05, 3.63) is 27.6 Å². The summed E-state index contributed by atoms with van der Waals surface area (Å²) in [4.78, 5) is 4.69. The van der Waals surface area contributed by atoms with Gasteiger partial charge < -0.3 is 4.57 Å². The van der Waals surface area contributed by atoms with Crippen LogP contribution in [0, 0.1) is 20.3 Å². The molecule has 0 N–H and O–H groups in total. The van der Waals surface area contributed by atoms with Crippen LogP contribution < -0.4 is 0 Å². The molecule has 1 aliphatic rings. The number of aromatic nitrogens is 2. The van der Waals surface area contributed by atoms with Crippen molar-refractivity contribution in [2.75, 3.05) is 0 Å². The number of alkyl halides is 1. The lowest BCUT2D eigenvalue weighted by molar-refractivity contribution is 0.457. The normalized spacial score (nSPS) is 20.5. The number of imidazole rings is 1. The first kappa shape index (κ1) is 14.6. The molecule has 0 atom stereocenters. The van der Waals surface area contributed by atoms with Crippen molar-refractivity contribution >= 4 is 45.2 Å². The molecule has 0 amide bonds. The molecule has 0 radical (unpaired) electrons. The van der Waals surface area contributed by atoms with Crippen LogP contribution >= 0.6 is 34.2 Å². The molecule has 4 heteroatoms. The van der Waals surface area contributed by atoms with Gasteiger partial charge in [0.2, 0.25) is 0 Å². The highest BCUT2D eigenvalue weighted by atomic mass is 127. The van der Waals surface area contributed by atoms with E-state index in [2.05, 4.69) is 73.1 Å². The number of nitrogens with zero attached hydrogens (tertiary/aromatic N) is 2. The highest BCUT2D eigenvalue weighted by Crippen LogP contribution is 2.69. The van der Waals surface area contributed by atoms with Crippen molar-refractivity contribution in [2.45, 2.75) is 40.1 Å². The topological polar surface area (TPSA) is 17.8 Å². The maximum atomic E-state index is 6.10. The second-order valence-corrected chi connectivity index (χ2v) is 8.41. The first-order valence-corrected chi connectivity index (χ1v) is 8.61. The van der Waals surface area contributed by atoms with Gasteiger partial charge in [0.15, 0.2) is 0 Å². The van der Waals surface area contributed by atoms with E-state index in [9.17, 15) is 0 Å². The Morgan fingerprint density at radius 1 is 1.25 bits per heavy atom. The van der Waals surface area contributed by atoms with Gasteiger partial charge in [0.05, 0.1) is 16.9 Å². The summed E-state index contributed by atoms with van der Waals surface area (Å²) in [6.45, 7) is 10.5. The Bertz CT molecular complexity index is 658. The average molecular weight is 403 g/mol. The second-order valence-electron chi connectivity index (χ2n) is 6.90. The Labute approximate surface area is 139 Å². The van der Waals surface area contributed by atoms with E-state index in [1.807, 2.05) is 0 Å². The van der Waals surface area contributed by atoms with E-state index in [4.69, 9.17) is 16.6 Å². The molecule has 0 spiro atoms. The van der Waals surface area contributed by atoms with Crippen molar-refractivity contribution in [1.82, 2.24) is 9.55 Å². The van der Waals surface area contributed by atoms with Crippen LogP contribution in [-0.2, 0) is 12.4 Å². The first-order valence-electron chi connectivity index (χ1n) is 6.99. The number of hydrogen-bond donors (Lipinski definition) is 0. The predicted molar refractivity (Wildman–Crippen MR) is 93.1 cm³/mol. The molecule has 0 saturated heterocycles. The lowest BCUT2D eigenvalue weighted by atomic mass is 10.0. The summed E-state index contributed by atoms with van der Waals surface area (Å²) in [6, 6.07) is 6.44. The predicted octanol–water partition coefficient (Wildman–Crippen LogP) is 5.06. The molecule has 1 saturated carbocycles. The van der Waals surface area contributed by atoms with E-state index in [0.717, 1.165) is 17.9 Å². The zero-order valence-corrected chi connectivity index (χ0v) is 15.3. The number of hydrogen-bond acceptors (Lipinski definition) is 1. The summed E-state index contributed by atoms with van der Waals surface area (Å²) in [5.74, 6) is 2.13. The van der Waals surface area contributed by atoms with Crippen LogP contribution in [0.1, 0.15) is 33.5 Å². The minimum Gasteiger partial charge on any atom is -0.327 e. The molecule has 1 aromatic heterocycles. The smallest absolute Gasteiger partial charge is 0.124 e. The minimum atomic E-state index is 0.385. The zero-order chi connectivity index (χ0) is 14.7. The van der Waals surface area contributed by atoms with E-state index >= 15 is 0 Å². The quantitative estimate of drug-likeness (QED) is 0.518. The van der Waals surface area contributed by atoms with Crippen LogP contribution in [0.25, 0.3) is 11.0 Å². The van der Waals surface area contributed by atoms with Crippen molar-refractivity contribution in [3.63, 3.8) is 0 Å². The molecule has 1 aliphatic carbocycles. The van der Waals surface area contributed by atoms with Gasteiger partial charge in [-0.25, -0.2) is 4.98 Å². The summed E-state index contributed by atoms with van der Waals surface area (Å²) in [5.41, 5.74) is 3.04. The summed E-state index contributed by atoms with van der Waals surface area (Å²) in [7, 11) is 0.